The Labute approximate surface area is 97.8 Å². The van der Waals surface area contributed by atoms with Crippen LogP contribution in [-0.2, 0) is 6.54 Å². The number of hydrogen-bond donors (Lipinski definition) is 0. The Morgan fingerprint density at radius 2 is 2.38 bits per heavy atom. The van der Waals surface area contributed by atoms with Crippen molar-refractivity contribution in [2.45, 2.75) is 19.9 Å². The number of rotatable bonds is 4. The van der Waals surface area contributed by atoms with Crippen LogP contribution in [0.25, 0.3) is 0 Å². The summed E-state index contributed by atoms with van der Waals surface area (Å²) >= 11 is 5.76. The molecule has 0 amide bonds. The molecule has 2 aromatic heterocycles. The van der Waals surface area contributed by atoms with Crippen molar-refractivity contribution in [2.24, 2.45) is 0 Å². The van der Waals surface area contributed by atoms with E-state index in [2.05, 4.69) is 5.10 Å². The van der Waals surface area contributed by atoms with E-state index in [4.69, 9.17) is 16.0 Å². The summed E-state index contributed by atoms with van der Waals surface area (Å²) in [6.45, 7) is 2.74. The molecule has 0 unspecified atom stereocenters. The largest absolute Gasteiger partial charge is 0.452 e. The van der Waals surface area contributed by atoms with E-state index < -0.39 is 0 Å². The van der Waals surface area contributed by atoms with Crippen molar-refractivity contribution in [2.75, 3.05) is 0 Å². The minimum Gasteiger partial charge on any atom is -0.452 e. The van der Waals surface area contributed by atoms with Crippen LogP contribution < -0.4 is 0 Å². The quantitative estimate of drug-likeness (QED) is 0.770. The van der Waals surface area contributed by atoms with Gasteiger partial charge in [-0.1, -0.05) is 6.92 Å². The van der Waals surface area contributed by atoms with Gasteiger partial charge in [-0.25, -0.2) is 0 Å². The van der Waals surface area contributed by atoms with E-state index in [9.17, 15) is 4.79 Å². The first kappa shape index (κ1) is 11.0. The molecule has 0 radical (unpaired) electrons. The van der Waals surface area contributed by atoms with Crippen LogP contribution in [0.2, 0.25) is 5.22 Å². The van der Waals surface area contributed by atoms with Crippen molar-refractivity contribution in [1.29, 1.82) is 0 Å². The third kappa shape index (κ3) is 1.88. The van der Waals surface area contributed by atoms with Gasteiger partial charge in [-0.3, -0.25) is 9.48 Å². The maximum Gasteiger partial charge on any atom is 0.215 e. The van der Waals surface area contributed by atoms with Crippen molar-refractivity contribution in [3.8, 4) is 0 Å². The molecule has 0 aliphatic rings. The van der Waals surface area contributed by atoms with Crippen LogP contribution in [0.15, 0.2) is 29.0 Å². The average Bonchev–Trinajstić information content (AvgIpc) is 2.87. The second-order valence-corrected chi connectivity index (χ2v) is 3.72. The summed E-state index contributed by atoms with van der Waals surface area (Å²) in [5, 5.41) is 4.21. The molecule has 0 spiro atoms. The predicted molar refractivity (Wildman–Crippen MR) is 59.7 cm³/mol. The van der Waals surface area contributed by atoms with Crippen LogP contribution >= 0.6 is 11.6 Å². The Balaban J connectivity index is 2.34. The highest BCUT2D eigenvalue weighted by Gasteiger charge is 2.18. The zero-order valence-corrected chi connectivity index (χ0v) is 9.57. The number of aryl methyl sites for hydroxylation is 1. The van der Waals surface area contributed by atoms with Crippen molar-refractivity contribution in [1.82, 2.24) is 9.78 Å². The zero-order chi connectivity index (χ0) is 11.5. The van der Waals surface area contributed by atoms with Gasteiger partial charge < -0.3 is 4.42 Å². The fraction of sp³-hybridized carbons (Fsp3) is 0.273. The molecule has 0 aromatic carbocycles. The van der Waals surface area contributed by atoms with Gasteiger partial charge in [0.15, 0.2) is 0 Å². The van der Waals surface area contributed by atoms with Crippen molar-refractivity contribution in [3.05, 3.63) is 41.1 Å². The van der Waals surface area contributed by atoms with Gasteiger partial charge in [0.2, 0.25) is 11.0 Å². The van der Waals surface area contributed by atoms with Crippen LogP contribution in [0, 0.1) is 0 Å². The second-order valence-electron chi connectivity index (χ2n) is 3.38. The number of aromatic nitrogens is 2. The summed E-state index contributed by atoms with van der Waals surface area (Å²) in [5.41, 5.74) is 0.907. The summed E-state index contributed by atoms with van der Waals surface area (Å²) < 4.78 is 6.57. The molecule has 0 bridgehead atoms. The first-order valence-electron chi connectivity index (χ1n) is 5.03. The molecule has 5 heteroatoms. The topological polar surface area (TPSA) is 48.0 Å². The summed E-state index contributed by atoms with van der Waals surface area (Å²) in [6, 6.07) is 3.25. The summed E-state index contributed by atoms with van der Waals surface area (Å²) in [4.78, 5) is 12.1. The highest BCUT2D eigenvalue weighted by Crippen LogP contribution is 2.20. The number of hydrogen-bond acceptors (Lipinski definition) is 3. The fourth-order valence-corrected chi connectivity index (χ4v) is 1.71. The van der Waals surface area contributed by atoms with E-state index in [1.54, 1.807) is 23.0 Å². The lowest BCUT2D eigenvalue weighted by Crippen LogP contribution is -2.11. The van der Waals surface area contributed by atoms with Gasteiger partial charge in [0.25, 0.3) is 0 Å². The molecule has 2 heterocycles. The van der Waals surface area contributed by atoms with Gasteiger partial charge in [0, 0.05) is 12.7 Å². The SMILES string of the molecule is CCCn1nccc1C(=O)c1ccoc1Cl. The maximum absolute atomic E-state index is 12.1. The Morgan fingerprint density at radius 1 is 1.56 bits per heavy atom. The highest BCUT2D eigenvalue weighted by molar-refractivity contribution is 6.33. The third-order valence-electron chi connectivity index (χ3n) is 2.25. The van der Waals surface area contributed by atoms with Gasteiger partial charge in [-0.15, -0.1) is 0 Å². The normalized spacial score (nSPS) is 10.6. The molecular formula is C11H11ClN2O2. The van der Waals surface area contributed by atoms with Gasteiger partial charge in [0.1, 0.15) is 5.69 Å². The van der Waals surface area contributed by atoms with Crippen LogP contribution in [0.1, 0.15) is 29.4 Å². The van der Waals surface area contributed by atoms with Gasteiger partial charge in [0.05, 0.1) is 11.8 Å². The lowest BCUT2D eigenvalue weighted by atomic mass is 10.1. The smallest absolute Gasteiger partial charge is 0.215 e. The van der Waals surface area contributed by atoms with Crippen molar-refractivity contribution >= 4 is 17.4 Å². The van der Waals surface area contributed by atoms with Gasteiger partial charge in [-0.05, 0) is 30.2 Å². The Kier molecular flexibility index (Phi) is 3.10. The molecule has 16 heavy (non-hydrogen) atoms. The van der Waals surface area contributed by atoms with Crippen LogP contribution in [-0.4, -0.2) is 15.6 Å². The van der Waals surface area contributed by atoms with E-state index >= 15 is 0 Å². The molecular weight excluding hydrogens is 228 g/mol. The zero-order valence-electron chi connectivity index (χ0n) is 8.81. The second kappa shape index (κ2) is 4.53. The first-order chi connectivity index (χ1) is 7.74. The fourth-order valence-electron chi connectivity index (χ4n) is 1.51. The number of nitrogens with zero attached hydrogens (tertiary/aromatic N) is 2. The summed E-state index contributed by atoms with van der Waals surface area (Å²) in [6.07, 6.45) is 3.92. The predicted octanol–water partition coefficient (Wildman–Crippen LogP) is 2.77. The third-order valence-corrected chi connectivity index (χ3v) is 2.54. The first-order valence-corrected chi connectivity index (χ1v) is 5.41. The van der Waals surface area contributed by atoms with Crippen LogP contribution in [0.4, 0.5) is 0 Å². The van der Waals surface area contributed by atoms with E-state index in [-0.39, 0.29) is 11.0 Å². The Morgan fingerprint density at radius 3 is 3.00 bits per heavy atom. The molecule has 4 nitrogen and oxygen atoms in total. The summed E-state index contributed by atoms with van der Waals surface area (Å²) in [7, 11) is 0. The average molecular weight is 239 g/mol. The summed E-state index contributed by atoms with van der Waals surface area (Å²) in [5.74, 6) is -0.162. The van der Waals surface area contributed by atoms with Crippen molar-refractivity contribution < 1.29 is 9.21 Å². The molecule has 0 fully saturated rings. The van der Waals surface area contributed by atoms with E-state index in [0.29, 0.717) is 17.8 Å². The lowest BCUT2D eigenvalue weighted by molar-refractivity contribution is 0.102. The molecule has 0 N–H and O–H groups in total. The number of halogens is 1. The maximum atomic E-state index is 12.1. The molecule has 2 rings (SSSR count). The Bertz CT molecular complexity index is 502. The van der Waals surface area contributed by atoms with Crippen LogP contribution in [0.5, 0.6) is 0 Å². The molecule has 2 aromatic rings. The molecule has 0 aliphatic carbocycles. The highest BCUT2D eigenvalue weighted by atomic mass is 35.5. The minimum atomic E-state index is -0.162. The molecule has 0 saturated heterocycles. The Hall–Kier alpha value is -1.55. The van der Waals surface area contributed by atoms with Gasteiger partial charge >= 0.3 is 0 Å². The molecule has 0 aliphatic heterocycles. The van der Waals surface area contributed by atoms with Crippen molar-refractivity contribution in [3.63, 3.8) is 0 Å². The molecule has 0 atom stereocenters. The van der Waals surface area contributed by atoms with E-state index in [0.717, 1.165) is 6.42 Å². The standard InChI is InChI=1S/C11H11ClN2O2/c1-2-6-14-9(3-5-13-14)10(15)8-4-7-16-11(8)12/h3-5,7H,2,6H2,1H3. The number of ketones is 1. The molecule has 84 valence electrons. The van der Waals surface area contributed by atoms with Gasteiger partial charge in [-0.2, -0.15) is 5.10 Å². The minimum absolute atomic E-state index is 0.120. The molecule has 0 saturated carbocycles. The number of carbonyl (C=O) groups excluding carboxylic acids is 1. The lowest BCUT2D eigenvalue weighted by Gasteiger charge is -2.03. The van der Waals surface area contributed by atoms with E-state index in [1.165, 1.54) is 6.26 Å². The number of carbonyl (C=O) groups is 1. The van der Waals surface area contributed by atoms with Crippen LogP contribution in [0.3, 0.4) is 0 Å². The monoisotopic (exact) mass is 238 g/mol. The number of furan rings is 1. The van der Waals surface area contributed by atoms with E-state index in [1.807, 2.05) is 6.92 Å².